The Bertz CT molecular complexity index is 360. The van der Waals surface area contributed by atoms with E-state index in [-0.39, 0.29) is 11.5 Å². The van der Waals surface area contributed by atoms with E-state index in [1.54, 1.807) is 0 Å². The molecule has 5 heteroatoms. The summed E-state index contributed by atoms with van der Waals surface area (Å²) in [7, 11) is 1.22. The van der Waals surface area contributed by atoms with E-state index in [9.17, 15) is 9.59 Å². The summed E-state index contributed by atoms with van der Waals surface area (Å²) < 4.78 is 8.95. The minimum absolute atomic E-state index is 0.0144. The zero-order chi connectivity index (χ0) is 10.0. The van der Waals surface area contributed by atoms with E-state index < -0.39 is 11.6 Å². The van der Waals surface area contributed by atoms with Crippen LogP contribution in [0.2, 0.25) is 0 Å². The zero-order valence-electron chi connectivity index (χ0n) is 7.71. The van der Waals surface area contributed by atoms with Gasteiger partial charge in [-0.3, -0.25) is 0 Å². The van der Waals surface area contributed by atoms with Gasteiger partial charge in [-0.05, 0) is 5.92 Å². The fourth-order valence-corrected chi connectivity index (χ4v) is 1.02. The van der Waals surface area contributed by atoms with Crippen molar-refractivity contribution in [1.29, 1.82) is 0 Å². The first kappa shape index (κ1) is 9.57. The Morgan fingerprint density at radius 1 is 1.54 bits per heavy atom. The maximum atomic E-state index is 11.1. The Morgan fingerprint density at radius 2 is 2.15 bits per heavy atom. The summed E-state index contributed by atoms with van der Waals surface area (Å²) in [5.41, 5.74) is -0.259. The highest BCUT2D eigenvalue weighted by Crippen LogP contribution is 2.14. The van der Waals surface area contributed by atoms with E-state index >= 15 is 0 Å². The first-order valence-electron chi connectivity index (χ1n) is 3.87. The van der Waals surface area contributed by atoms with Crippen molar-refractivity contribution in [3.05, 3.63) is 21.7 Å². The SMILES string of the molecule is COC(=O)c1c(C(C)C)[nH]oc1=O. The van der Waals surface area contributed by atoms with Crippen LogP contribution in [0.1, 0.15) is 35.8 Å². The largest absolute Gasteiger partial charge is 0.465 e. The molecule has 13 heavy (non-hydrogen) atoms. The molecule has 0 spiro atoms. The van der Waals surface area contributed by atoms with Gasteiger partial charge in [-0.1, -0.05) is 13.8 Å². The Balaban J connectivity index is 3.24. The summed E-state index contributed by atoms with van der Waals surface area (Å²) in [4.78, 5) is 22.2. The van der Waals surface area contributed by atoms with Crippen molar-refractivity contribution < 1.29 is 14.1 Å². The first-order valence-corrected chi connectivity index (χ1v) is 3.87. The lowest BCUT2D eigenvalue weighted by Crippen LogP contribution is -2.14. The molecule has 0 unspecified atom stereocenters. The van der Waals surface area contributed by atoms with Crippen molar-refractivity contribution in [1.82, 2.24) is 5.16 Å². The summed E-state index contributed by atoms with van der Waals surface area (Å²) in [6.45, 7) is 3.68. The monoisotopic (exact) mass is 185 g/mol. The second-order valence-corrected chi connectivity index (χ2v) is 2.93. The summed E-state index contributed by atoms with van der Waals surface area (Å²) in [5.74, 6) is -0.653. The molecule has 5 nitrogen and oxygen atoms in total. The molecule has 1 rings (SSSR count). The van der Waals surface area contributed by atoms with Crippen LogP contribution in [-0.4, -0.2) is 18.2 Å². The van der Waals surface area contributed by atoms with Gasteiger partial charge in [-0.25, -0.2) is 14.7 Å². The van der Waals surface area contributed by atoms with E-state index in [4.69, 9.17) is 0 Å². The standard InChI is InChI=1S/C8H11NO4/c1-4(2)6-5(7(10)12-3)8(11)13-9-6/h4,9H,1-3H3. The Morgan fingerprint density at radius 3 is 2.62 bits per heavy atom. The van der Waals surface area contributed by atoms with Gasteiger partial charge in [0.05, 0.1) is 12.8 Å². The molecule has 0 aliphatic rings. The van der Waals surface area contributed by atoms with Gasteiger partial charge in [0.2, 0.25) is 0 Å². The van der Waals surface area contributed by atoms with Crippen LogP contribution < -0.4 is 5.63 Å². The van der Waals surface area contributed by atoms with Gasteiger partial charge in [0.25, 0.3) is 0 Å². The van der Waals surface area contributed by atoms with Crippen LogP contribution in [0.25, 0.3) is 0 Å². The number of nitrogens with one attached hydrogen (secondary N) is 1. The van der Waals surface area contributed by atoms with E-state index in [0.29, 0.717) is 5.69 Å². The molecule has 0 bridgehead atoms. The van der Waals surface area contributed by atoms with E-state index in [1.165, 1.54) is 7.11 Å². The molecule has 1 aromatic heterocycles. The van der Waals surface area contributed by atoms with Crippen LogP contribution in [0.4, 0.5) is 0 Å². The molecule has 1 heterocycles. The van der Waals surface area contributed by atoms with Gasteiger partial charge in [-0.2, -0.15) is 0 Å². The first-order chi connectivity index (χ1) is 6.07. The summed E-state index contributed by atoms with van der Waals surface area (Å²) in [5, 5.41) is 2.40. The van der Waals surface area contributed by atoms with Gasteiger partial charge in [0.15, 0.2) is 5.56 Å². The fraction of sp³-hybridized carbons (Fsp3) is 0.500. The molecule has 0 saturated heterocycles. The lowest BCUT2D eigenvalue weighted by atomic mass is 10.1. The second-order valence-electron chi connectivity index (χ2n) is 2.93. The van der Waals surface area contributed by atoms with Crippen molar-refractivity contribution in [3.63, 3.8) is 0 Å². The number of hydrogen-bond acceptors (Lipinski definition) is 4. The number of rotatable bonds is 2. The van der Waals surface area contributed by atoms with Crippen molar-refractivity contribution in [2.24, 2.45) is 0 Å². The predicted molar refractivity (Wildman–Crippen MR) is 44.8 cm³/mol. The molecular weight excluding hydrogens is 174 g/mol. The quantitative estimate of drug-likeness (QED) is 0.694. The van der Waals surface area contributed by atoms with Gasteiger partial charge >= 0.3 is 11.6 Å². The van der Waals surface area contributed by atoms with Gasteiger partial charge in [-0.15, -0.1) is 0 Å². The molecule has 0 amide bonds. The summed E-state index contributed by atoms with van der Waals surface area (Å²) in [6, 6.07) is 0. The Kier molecular flexibility index (Phi) is 2.55. The van der Waals surface area contributed by atoms with Crippen LogP contribution in [0.5, 0.6) is 0 Å². The summed E-state index contributed by atoms with van der Waals surface area (Å²) in [6.07, 6.45) is 0. The highest BCUT2D eigenvalue weighted by atomic mass is 16.5. The maximum Gasteiger partial charge on any atom is 0.372 e. The zero-order valence-corrected chi connectivity index (χ0v) is 7.71. The third-order valence-corrected chi connectivity index (χ3v) is 1.69. The highest BCUT2D eigenvalue weighted by Gasteiger charge is 2.22. The normalized spacial score (nSPS) is 10.5. The third-order valence-electron chi connectivity index (χ3n) is 1.69. The minimum Gasteiger partial charge on any atom is -0.465 e. The topological polar surface area (TPSA) is 72.3 Å². The van der Waals surface area contributed by atoms with Crippen molar-refractivity contribution >= 4 is 5.97 Å². The average molecular weight is 185 g/mol. The van der Waals surface area contributed by atoms with Crippen LogP contribution in [0.3, 0.4) is 0 Å². The van der Waals surface area contributed by atoms with Crippen LogP contribution in [0, 0.1) is 0 Å². The predicted octanol–water partition coefficient (Wildman–Crippen LogP) is 0.878. The number of methoxy groups -OCH3 is 1. The van der Waals surface area contributed by atoms with Crippen molar-refractivity contribution in [2.45, 2.75) is 19.8 Å². The number of aromatic nitrogens is 1. The molecule has 72 valence electrons. The number of H-pyrrole nitrogens is 1. The van der Waals surface area contributed by atoms with Crippen LogP contribution in [-0.2, 0) is 4.74 Å². The van der Waals surface area contributed by atoms with Gasteiger partial charge < -0.3 is 9.26 Å². The molecule has 1 aromatic rings. The number of esters is 1. The Labute approximate surface area is 74.7 Å². The highest BCUT2D eigenvalue weighted by molar-refractivity contribution is 5.90. The molecular formula is C8H11NO4. The lowest BCUT2D eigenvalue weighted by molar-refractivity contribution is 0.0596. The second kappa shape index (κ2) is 3.47. The van der Waals surface area contributed by atoms with Crippen molar-refractivity contribution in [2.75, 3.05) is 7.11 Å². The molecule has 1 N–H and O–H groups in total. The summed E-state index contributed by atoms with van der Waals surface area (Å²) >= 11 is 0. The van der Waals surface area contributed by atoms with E-state index in [2.05, 4.69) is 14.4 Å². The van der Waals surface area contributed by atoms with Crippen molar-refractivity contribution in [3.8, 4) is 0 Å². The number of ether oxygens (including phenoxy) is 1. The molecule has 0 saturated carbocycles. The third kappa shape index (κ3) is 1.63. The molecule has 0 fully saturated rings. The van der Waals surface area contributed by atoms with E-state index in [1.807, 2.05) is 13.8 Å². The number of aromatic amines is 1. The Hall–Kier alpha value is -1.52. The number of hydrogen-bond donors (Lipinski definition) is 1. The molecule has 0 radical (unpaired) electrons. The van der Waals surface area contributed by atoms with E-state index in [0.717, 1.165) is 0 Å². The number of carbonyl (C=O) groups is 1. The molecule has 0 aliphatic heterocycles. The molecule has 0 aromatic carbocycles. The van der Waals surface area contributed by atoms with Crippen LogP contribution >= 0.6 is 0 Å². The lowest BCUT2D eigenvalue weighted by Gasteiger charge is -2.01. The van der Waals surface area contributed by atoms with Gasteiger partial charge in [0, 0.05) is 0 Å². The smallest absolute Gasteiger partial charge is 0.372 e. The average Bonchev–Trinajstić information content (AvgIpc) is 2.46. The molecule has 0 atom stereocenters. The maximum absolute atomic E-state index is 11.1. The fourth-order valence-electron chi connectivity index (χ4n) is 1.02. The molecule has 0 aliphatic carbocycles. The minimum atomic E-state index is -0.685. The van der Waals surface area contributed by atoms with Gasteiger partial charge in [0.1, 0.15) is 0 Å². The number of carbonyl (C=O) groups excluding carboxylic acids is 1. The van der Waals surface area contributed by atoms with Crippen LogP contribution in [0.15, 0.2) is 9.32 Å².